The number of fused-ring (bicyclic) bond motifs is 3. The van der Waals surface area contributed by atoms with Crippen molar-refractivity contribution in [3.05, 3.63) is 101 Å². The van der Waals surface area contributed by atoms with Crippen LogP contribution in [0.25, 0.3) is 0 Å². The second kappa shape index (κ2) is 9.70. The number of para-hydroxylation sites is 1. The van der Waals surface area contributed by atoms with Gasteiger partial charge in [-0.15, -0.1) is 0 Å². The first-order valence-electron chi connectivity index (χ1n) is 11.4. The van der Waals surface area contributed by atoms with Crippen LogP contribution in [0.1, 0.15) is 17.2 Å². The minimum absolute atomic E-state index is 0.0546. The Bertz CT molecular complexity index is 1500. The summed E-state index contributed by atoms with van der Waals surface area (Å²) in [5.74, 6) is -1.60. The molecule has 0 N–H and O–H groups in total. The van der Waals surface area contributed by atoms with Gasteiger partial charge in [0.25, 0.3) is 0 Å². The van der Waals surface area contributed by atoms with Crippen LogP contribution < -0.4 is 4.90 Å². The molecule has 2 atom stereocenters. The zero-order chi connectivity index (χ0) is 26.3. The van der Waals surface area contributed by atoms with E-state index in [1.165, 1.54) is 30.3 Å². The van der Waals surface area contributed by atoms with Gasteiger partial charge in [0.1, 0.15) is 5.70 Å². The highest BCUT2D eigenvalue weighted by atomic mass is 32.2. The van der Waals surface area contributed by atoms with Crippen molar-refractivity contribution in [1.82, 2.24) is 4.31 Å². The molecule has 0 aromatic heterocycles. The van der Waals surface area contributed by atoms with Gasteiger partial charge in [0, 0.05) is 4.90 Å². The summed E-state index contributed by atoms with van der Waals surface area (Å²) in [6.07, 6.45) is 0. The molecule has 0 unspecified atom stereocenters. The number of carbonyl (C=O) groups is 2. The summed E-state index contributed by atoms with van der Waals surface area (Å²) in [6, 6.07) is 21.4. The highest BCUT2D eigenvalue weighted by Gasteiger charge is 2.55. The lowest BCUT2D eigenvalue weighted by Gasteiger charge is -2.45. The quantitative estimate of drug-likeness (QED) is 0.447. The van der Waals surface area contributed by atoms with Gasteiger partial charge < -0.3 is 14.4 Å². The molecule has 0 bridgehead atoms. The number of carbonyl (C=O) groups excluding carboxylic acids is 2. The fourth-order valence-corrected chi connectivity index (χ4v) is 7.86. The second-order valence-electron chi connectivity index (χ2n) is 8.49. The van der Waals surface area contributed by atoms with E-state index in [0.29, 0.717) is 11.3 Å². The number of aryl methyl sites for hydroxylation is 1. The van der Waals surface area contributed by atoms with Crippen LogP contribution in [-0.4, -0.2) is 44.4 Å². The molecule has 10 heteroatoms. The minimum atomic E-state index is -4.20. The molecule has 2 aliphatic heterocycles. The normalized spacial score (nSPS) is 19.3. The van der Waals surface area contributed by atoms with E-state index in [1.807, 2.05) is 19.1 Å². The first-order valence-corrected chi connectivity index (χ1v) is 13.7. The van der Waals surface area contributed by atoms with Crippen molar-refractivity contribution in [3.63, 3.8) is 0 Å². The molecule has 0 aliphatic carbocycles. The van der Waals surface area contributed by atoms with E-state index in [4.69, 9.17) is 9.47 Å². The third kappa shape index (κ3) is 4.11. The van der Waals surface area contributed by atoms with Gasteiger partial charge in [-0.25, -0.2) is 18.0 Å². The maximum Gasteiger partial charge on any atom is 0.355 e. The van der Waals surface area contributed by atoms with Crippen molar-refractivity contribution in [3.8, 4) is 0 Å². The Hall–Kier alpha value is -3.60. The zero-order valence-electron chi connectivity index (χ0n) is 20.3. The molecule has 5 rings (SSSR count). The lowest BCUT2D eigenvalue weighted by molar-refractivity contribution is -0.140. The Balaban J connectivity index is 1.87. The number of thioether (sulfide) groups is 1. The van der Waals surface area contributed by atoms with Crippen molar-refractivity contribution in [1.29, 1.82) is 0 Å². The van der Waals surface area contributed by atoms with Crippen LogP contribution in [0.15, 0.2) is 99.9 Å². The fourth-order valence-electron chi connectivity index (χ4n) is 4.61. The SMILES string of the molecule is COC(=O)C1=C(C(=O)OC)N2c3ccccc3S[C@H]2N(S(=O)(=O)c2ccc(C)cc2)[C@@H]1c1ccccc1. The molecule has 190 valence electrons. The Labute approximate surface area is 219 Å². The monoisotopic (exact) mass is 536 g/mol. The Morgan fingerprint density at radius 2 is 1.46 bits per heavy atom. The number of ether oxygens (including phenoxy) is 2. The van der Waals surface area contributed by atoms with Crippen LogP contribution in [0.3, 0.4) is 0 Å². The van der Waals surface area contributed by atoms with Crippen molar-refractivity contribution in [2.24, 2.45) is 0 Å². The van der Waals surface area contributed by atoms with E-state index >= 15 is 0 Å². The Morgan fingerprint density at radius 1 is 0.838 bits per heavy atom. The average molecular weight is 537 g/mol. The summed E-state index contributed by atoms with van der Waals surface area (Å²) < 4.78 is 40.3. The minimum Gasteiger partial charge on any atom is -0.466 e. The van der Waals surface area contributed by atoms with E-state index < -0.39 is 33.5 Å². The van der Waals surface area contributed by atoms with Gasteiger partial charge in [0.2, 0.25) is 10.0 Å². The van der Waals surface area contributed by atoms with Gasteiger partial charge in [-0.3, -0.25) is 0 Å². The standard InChI is InChI=1S/C27H24N2O6S2/c1-17-13-15-19(16-14-17)37(32,33)29-23(18-9-5-4-6-10-18)22(25(30)34-2)24(26(31)35-3)28-20-11-7-8-12-21(20)36-27(28)29/h4-16,23,27H,1-3H3/t23-,27-/m1/s1. The van der Waals surface area contributed by atoms with Crippen LogP contribution in [0.2, 0.25) is 0 Å². The van der Waals surface area contributed by atoms with Gasteiger partial charge >= 0.3 is 11.9 Å². The fraction of sp³-hybridized carbons (Fsp3) is 0.185. The van der Waals surface area contributed by atoms with Gasteiger partial charge in [-0.05, 0) is 36.8 Å². The van der Waals surface area contributed by atoms with E-state index in [2.05, 4.69) is 0 Å². The highest BCUT2D eigenvalue weighted by Crippen LogP contribution is 2.55. The summed E-state index contributed by atoms with van der Waals surface area (Å²) in [7, 11) is -1.78. The van der Waals surface area contributed by atoms with Crippen LogP contribution >= 0.6 is 11.8 Å². The van der Waals surface area contributed by atoms with Crippen LogP contribution in [0, 0.1) is 6.92 Å². The smallest absolute Gasteiger partial charge is 0.355 e. The number of rotatable bonds is 5. The van der Waals surface area contributed by atoms with Crippen molar-refractivity contribution in [2.75, 3.05) is 19.1 Å². The van der Waals surface area contributed by atoms with Crippen molar-refractivity contribution >= 4 is 39.4 Å². The maximum absolute atomic E-state index is 14.4. The number of anilines is 1. The van der Waals surface area contributed by atoms with E-state index in [0.717, 1.165) is 10.5 Å². The molecule has 0 amide bonds. The molecule has 2 aliphatic rings. The molecular formula is C27H24N2O6S2. The molecule has 0 saturated heterocycles. The maximum atomic E-state index is 14.4. The highest BCUT2D eigenvalue weighted by molar-refractivity contribution is 8.01. The molecule has 3 aromatic carbocycles. The number of sulfonamides is 1. The summed E-state index contributed by atoms with van der Waals surface area (Å²) in [5.41, 5.74) is 0.929. The zero-order valence-corrected chi connectivity index (χ0v) is 22.0. The molecular weight excluding hydrogens is 512 g/mol. The van der Waals surface area contributed by atoms with Crippen LogP contribution in [-0.2, 0) is 29.1 Å². The number of esters is 2. The van der Waals surface area contributed by atoms with Gasteiger partial charge in [0.15, 0.2) is 5.50 Å². The number of benzene rings is 3. The molecule has 37 heavy (non-hydrogen) atoms. The largest absolute Gasteiger partial charge is 0.466 e. The lowest BCUT2D eigenvalue weighted by Crippen LogP contribution is -2.55. The van der Waals surface area contributed by atoms with Gasteiger partial charge in [-0.1, -0.05) is 71.9 Å². The van der Waals surface area contributed by atoms with E-state index in [9.17, 15) is 18.0 Å². The average Bonchev–Trinajstić information content (AvgIpc) is 3.30. The van der Waals surface area contributed by atoms with Gasteiger partial charge in [0.05, 0.1) is 36.4 Å². The molecule has 8 nitrogen and oxygen atoms in total. The van der Waals surface area contributed by atoms with Crippen molar-refractivity contribution < 1.29 is 27.5 Å². The Morgan fingerprint density at radius 3 is 2.11 bits per heavy atom. The number of methoxy groups -OCH3 is 2. The summed E-state index contributed by atoms with van der Waals surface area (Å²) >= 11 is 1.28. The lowest BCUT2D eigenvalue weighted by atomic mass is 9.94. The molecule has 0 fully saturated rings. The summed E-state index contributed by atoms with van der Waals surface area (Å²) in [6.45, 7) is 1.87. The number of hydrogen-bond donors (Lipinski definition) is 0. The first kappa shape index (κ1) is 25.1. The molecule has 2 heterocycles. The summed E-state index contributed by atoms with van der Waals surface area (Å²) in [5, 5.41) is 0. The molecule has 0 spiro atoms. The second-order valence-corrected chi connectivity index (χ2v) is 11.4. The van der Waals surface area contributed by atoms with Crippen LogP contribution in [0.5, 0.6) is 0 Å². The first-order chi connectivity index (χ1) is 17.8. The molecule has 0 radical (unpaired) electrons. The van der Waals surface area contributed by atoms with Crippen LogP contribution in [0.4, 0.5) is 5.69 Å². The van der Waals surface area contributed by atoms with Gasteiger partial charge in [-0.2, -0.15) is 4.31 Å². The molecule has 3 aromatic rings. The summed E-state index contributed by atoms with van der Waals surface area (Å²) in [4.78, 5) is 29.1. The predicted molar refractivity (Wildman–Crippen MR) is 139 cm³/mol. The van der Waals surface area contributed by atoms with E-state index in [1.54, 1.807) is 71.6 Å². The topological polar surface area (TPSA) is 93.2 Å². The molecule has 0 saturated carbocycles. The third-order valence-corrected chi connectivity index (χ3v) is 9.53. The number of hydrogen-bond acceptors (Lipinski definition) is 8. The third-order valence-electron chi connectivity index (χ3n) is 6.32. The van der Waals surface area contributed by atoms with Crippen molar-refractivity contribution in [2.45, 2.75) is 28.3 Å². The number of nitrogens with zero attached hydrogens (tertiary/aromatic N) is 2. The Kier molecular flexibility index (Phi) is 6.57. The van der Waals surface area contributed by atoms with E-state index in [-0.39, 0.29) is 16.2 Å². The predicted octanol–water partition coefficient (Wildman–Crippen LogP) is 4.24.